The lowest BCUT2D eigenvalue weighted by atomic mass is 9.73. The predicted molar refractivity (Wildman–Crippen MR) is 208 cm³/mol. The van der Waals surface area contributed by atoms with E-state index in [0.717, 1.165) is 97.2 Å². The Kier molecular flexibility index (Phi) is 9.87. The molecular formula is C42H45N5O5S. The van der Waals surface area contributed by atoms with Gasteiger partial charge >= 0.3 is 6.09 Å². The summed E-state index contributed by atoms with van der Waals surface area (Å²) in [5.74, 6) is 0.430. The Hall–Kier alpha value is -4.87. The van der Waals surface area contributed by atoms with E-state index < -0.39 is 6.09 Å². The fourth-order valence-electron chi connectivity index (χ4n) is 8.20. The van der Waals surface area contributed by atoms with Crippen LogP contribution in [0.15, 0.2) is 66.7 Å². The number of nitrogens with zero attached hydrogens (tertiary/aromatic N) is 3. The highest BCUT2D eigenvalue weighted by Crippen LogP contribution is 2.44. The number of carbonyl (C=O) groups excluding carboxylic acids is 3. The van der Waals surface area contributed by atoms with Gasteiger partial charge in [0.05, 0.1) is 22.7 Å². The highest BCUT2D eigenvalue weighted by Gasteiger charge is 2.45. The number of hydrogen-bond donors (Lipinski definition) is 2. The van der Waals surface area contributed by atoms with Crippen molar-refractivity contribution in [3.63, 3.8) is 0 Å². The van der Waals surface area contributed by atoms with Gasteiger partial charge in [0.2, 0.25) is 0 Å². The number of anilines is 3. The van der Waals surface area contributed by atoms with Crippen molar-refractivity contribution < 1.29 is 23.9 Å². The molecule has 2 saturated heterocycles. The first kappa shape index (κ1) is 35.2. The maximum Gasteiger partial charge on any atom is 0.412 e. The first-order chi connectivity index (χ1) is 25.7. The number of amides is 2. The number of pyridine rings is 1. The van der Waals surface area contributed by atoms with Gasteiger partial charge in [-0.25, -0.2) is 9.78 Å². The van der Waals surface area contributed by atoms with Crippen LogP contribution in [0.2, 0.25) is 0 Å². The average Bonchev–Trinajstić information content (AvgIpc) is 3.49. The fourth-order valence-corrected chi connectivity index (χ4v) is 9.33. The smallest absolute Gasteiger partial charge is 0.412 e. The topological polar surface area (TPSA) is 125 Å². The van der Waals surface area contributed by atoms with Crippen LogP contribution in [0.25, 0.3) is 10.4 Å². The van der Waals surface area contributed by atoms with Crippen molar-refractivity contribution in [1.29, 1.82) is 5.41 Å². The number of benzene rings is 2. The molecule has 4 aromatic rings. The number of carbonyl (C=O) groups is 3. The van der Waals surface area contributed by atoms with Crippen LogP contribution in [0, 0.1) is 17.7 Å². The van der Waals surface area contributed by atoms with Gasteiger partial charge in [-0.1, -0.05) is 36.8 Å². The van der Waals surface area contributed by atoms with E-state index in [1.54, 1.807) is 24.3 Å². The molecule has 2 N–H and O–H groups in total. The third-order valence-electron chi connectivity index (χ3n) is 11.2. The summed E-state index contributed by atoms with van der Waals surface area (Å²) in [5.41, 5.74) is 5.77. The van der Waals surface area contributed by atoms with Gasteiger partial charge in [0.15, 0.2) is 5.78 Å². The standard InChI is InChI=1S/C42H45N5O5S/c1-27-11-16-33(39(44-27)46-25-42(26-46)18-21-51-22-19-42)36(48)24-34(43)28-12-14-29(15-13-28)40(49)47-20-17-30-23-37(45-41(50)52-31-7-3-2-4-8-31)53-38(30)32-9-5-6-10-35(32)47/h5-6,9-16,23,31,43H,2-4,7-8,17-22,24-26H2,1H3,(H,45,50). The van der Waals surface area contributed by atoms with E-state index in [4.69, 9.17) is 19.9 Å². The first-order valence-corrected chi connectivity index (χ1v) is 19.6. The van der Waals surface area contributed by atoms with E-state index in [1.807, 2.05) is 54.3 Å². The number of rotatable bonds is 8. The summed E-state index contributed by atoms with van der Waals surface area (Å²) >= 11 is 1.50. The monoisotopic (exact) mass is 731 g/mol. The number of aryl methyl sites for hydroxylation is 1. The first-order valence-electron chi connectivity index (χ1n) is 18.8. The quantitative estimate of drug-likeness (QED) is 0.138. The molecule has 1 aliphatic carbocycles. The maximum atomic E-state index is 14.0. The Balaban J connectivity index is 0.931. The minimum atomic E-state index is -0.411. The lowest BCUT2D eigenvalue weighted by Crippen LogP contribution is -2.59. The minimum absolute atomic E-state index is 0.0192. The molecule has 8 rings (SSSR count). The minimum Gasteiger partial charge on any atom is -0.446 e. The van der Waals surface area contributed by atoms with Crippen molar-refractivity contribution in [1.82, 2.24) is 4.98 Å². The molecule has 0 bridgehead atoms. The molecule has 0 atom stereocenters. The van der Waals surface area contributed by atoms with E-state index in [-0.39, 0.29) is 35.3 Å². The van der Waals surface area contributed by atoms with Gasteiger partial charge in [-0.2, -0.15) is 0 Å². The molecule has 4 aliphatic rings. The molecule has 2 aromatic heterocycles. The summed E-state index contributed by atoms with van der Waals surface area (Å²) in [6.45, 7) is 5.70. The predicted octanol–water partition coefficient (Wildman–Crippen LogP) is 8.46. The van der Waals surface area contributed by atoms with Crippen molar-refractivity contribution in [2.24, 2.45) is 5.41 Å². The summed E-state index contributed by atoms with van der Waals surface area (Å²) in [6.07, 6.45) is 7.40. The lowest BCUT2D eigenvalue weighted by Gasteiger charge is -2.53. The number of Topliss-reactive ketones (excluding diaryl/α,β-unsaturated/α-hetero) is 1. The van der Waals surface area contributed by atoms with E-state index in [0.29, 0.717) is 35.5 Å². The molecule has 0 radical (unpaired) electrons. The number of fused-ring (bicyclic) bond motifs is 3. The zero-order valence-corrected chi connectivity index (χ0v) is 30.9. The molecule has 274 valence electrons. The summed E-state index contributed by atoms with van der Waals surface area (Å²) in [6, 6.07) is 20.6. The Bertz CT molecular complexity index is 2040. The fraction of sp³-hybridized carbons (Fsp3) is 0.405. The van der Waals surface area contributed by atoms with Gasteiger partial charge in [-0.3, -0.25) is 14.9 Å². The molecule has 1 spiro atoms. The molecule has 53 heavy (non-hydrogen) atoms. The number of aromatic nitrogens is 1. The van der Waals surface area contributed by atoms with Crippen molar-refractivity contribution in [3.05, 3.63) is 94.7 Å². The van der Waals surface area contributed by atoms with Gasteiger partial charge in [0, 0.05) is 65.7 Å². The third kappa shape index (κ3) is 7.37. The van der Waals surface area contributed by atoms with Crippen LogP contribution in [0.4, 0.5) is 21.3 Å². The van der Waals surface area contributed by atoms with Crippen LogP contribution in [0.1, 0.15) is 88.9 Å². The van der Waals surface area contributed by atoms with Crippen molar-refractivity contribution in [2.75, 3.05) is 48.0 Å². The van der Waals surface area contributed by atoms with Crippen molar-refractivity contribution >= 4 is 51.3 Å². The zero-order chi connectivity index (χ0) is 36.5. The molecule has 1 saturated carbocycles. The molecule has 3 fully saturated rings. The van der Waals surface area contributed by atoms with Gasteiger partial charge in [-0.05, 0) is 99.4 Å². The second kappa shape index (κ2) is 14.9. The van der Waals surface area contributed by atoms with Gasteiger partial charge in [-0.15, -0.1) is 11.3 Å². The van der Waals surface area contributed by atoms with Gasteiger partial charge in [0.25, 0.3) is 5.91 Å². The lowest BCUT2D eigenvalue weighted by molar-refractivity contribution is -0.000522. The van der Waals surface area contributed by atoms with E-state index >= 15 is 0 Å². The summed E-state index contributed by atoms with van der Waals surface area (Å²) in [5, 5.41) is 12.5. The third-order valence-corrected chi connectivity index (χ3v) is 12.3. The molecule has 5 heterocycles. The normalized spacial score (nSPS) is 18.0. The SMILES string of the molecule is Cc1ccc(C(=O)CC(=N)c2ccc(C(=O)N3CCc4cc(NC(=O)OC5CCCCC5)sc4-c4ccccc43)cc2)c(N2CC3(CCOCC3)C2)n1. The molecule has 2 amide bonds. The number of ketones is 1. The van der Waals surface area contributed by atoms with Crippen LogP contribution in [0.3, 0.4) is 0 Å². The molecule has 3 aliphatic heterocycles. The summed E-state index contributed by atoms with van der Waals surface area (Å²) < 4.78 is 11.3. The number of thiophene rings is 1. The molecule has 2 aromatic carbocycles. The van der Waals surface area contributed by atoms with Gasteiger partial charge < -0.3 is 24.7 Å². The second-order valence-corrected chi connectivity index (χ2v) is 16.0. The Morgan fingerprint density at radius 1 is 0.981 bits per heavy atom. The Labute approximate surface area is 314 Å². The number of ether oxygens (including phenoxy) is 2. The van der Waals surface area contributed by atoms with Crippen LogP contribution < -0.4 is 15.1 Å². The Morgan fingerprint density at radius 3 is 2.49 bits per heavy atom. The number of nitrogens with one attached hydrogen (secondary N) is 2. The molecule has 0 unspecified atom stereocenters. The largest absolute Gasteiger partial charge is 0.446 e. The van der Waals surface area contributed by atoms with Crippen LogP contribution in [0.5, 0.6) is 0 Å². The van der Waals surface area contributed by atoms with Crippen LogP contribution in [-0.4, -0.2) is 67.4 Å². The Morgan fingerprint density at radius 2 is 1.72 bits per heavy atom. The van der Waals surface area contributed by atoms with Crippen LogP contribution in [-0.2, 0) is 15.9 Å². The van der Waals surface area contributed by atoms with E-state index in [2.05, 4.69) is 10.2 Å². The zero-order valence-electron chi connectivity index (χ0n) is 30.1. The van der Waals surface area contributed by atoms with Crippen LogP contribution >= 0.6 is 11.3 Å². The number of para-hydroxylation sites is 1. The highest BCUT2D eigenvalue weighted by atomic mass is 32.1. The average molecular weight is 732 g/mol. The summed E-state index contributed by atoms with van der Waals surface area (Å²) in [4.78, 5) is 50.1. The van der Waals surface area contributed by atoms with Gasteiger partial charge in [0.1, 0.15) is 11.9 Å². The van der Waals surface area contributed by atoms with E-state index in [1.165, 1.54) is 17.8 Å². The molecular weight excluding hydrogens is 687 g/mol. The molecule has 11 heteroatoms. The maximum absolute atomic E-state index is 14.0. The second-order valence-electron chi connectivity index (χ2n) is 14.9. The van der Waals surface area contributed by atoms with Crippen molar-refractivity contribution in [2.45, 2.75) is 70.8 Å². The number of hydrogen-bond acceptors (Lipinski definition) is 9. The van der Waals surface area contributed by atoms with E-state index in [9.17, 15) is 14.4 Å². The van der Waals surface area contributed by atoms with Crippen molar-refractivity contribution in [3.8, 4) is 10.4 Å². The molecule has 10 nitrogen and oxygen atoms in total. The summed E-state index contributed by atoms with van der Waals surface area (Å²) in [7, 11) is 0. The highest BCUT2D eigenvalue weighted by molar-refractivity contribution is 7.19.